The van der Waals surface area contributed by atoms with Gasteiger partial charge in [-0.3, -0.25) is 0 Å². The number of hydrogen-bond acceptors (Lipinski definition) is 3. The fourth-order valence-corrected chi connectivity index (χ4v) is 2.40. The molecule has 0 aliphatic rings. The normalized spacial score (nSPS) is 12.8. The van der Waals surface area contributed by atoms with Crippen molar-refractivity contribution in [1.82, 2.24) is 10.6 Å². The Hall–Kier alpha value is -3.11. The summed E-state index contributed by atoms with van der Waals surface area (Å²) in [4.78, 5) is 12.0. The maximum atomic E-state index is 12.4. The van der Waals surface area contributed by atoms with E-state index in [1.165, 1.54) is 42.5 Å². The summed E-state index contributed by atoms with van der Waals surface area (Å²) < 4.78 is 82.3. The number of rotatable bonds is 7. The summed E-state index contributed by atoms with van der Waals surface area (Å²) in [5.41, 5.74) is 0.717. The standard InChI is InChI=1S/C19H18F6N2O3/c1-12(13-6-8-15(9-7-13)29-11-18(20,21)22)27-17(28)26-10-14-4-2-3-5-16(14)30-19(23,24)25/h2-9,12H,10-11H2,1H3,(H2,26,27,28). The molecule has 2 rings (SSSR count). The van der Waals surface area contributed by atoms with E-state index in [0.29, 0.717) is 5.56 Å². The summed E-state index contributed by atoms with van der Waals surface area (Å²) in [7, 11) is 0. The molecule has 2 amide bonds. The maximum absolute atomic E-state index is 12.4. The van der Waals surface area contributed by atoms with Gasteiger partial charge < -0.3 is 20.1 Å². The first kappa shape index (κ1) is 23.2. The Morgan fingerprint density at radius 3 is 2.23 bits per heavy atom. The van der Waals surface area contributed by atoms with Crippen LogP contribution in [0, 0.1) is 0 Å². The van der Waals surface area contributed by atoms with E-state index >= 15 is 0 Å². The quantitative estimate of drug-likeness (QED) is 0.595. The summed E-state index contributed by atoms with van der Waals surface area (Å²) >= 11 is 0. The lowest BCUT2D eigenvalue weighted by atomic mass is 10.1. The van der Waals surface area contributed by atoms with E-state index in [9.17, 15) is 31.1 Å². The molecular weight excluding hydrogens is 418 g/mol. The zero-order valence-corrected chi connectivity index (χ0v) is 15.6. The van der Waals surface area contributed by atoms with Gasteiger partial charge in [-0.2, -0.15) is 13.2 Å². The predicted molar refractivity (Wildman–Crippen MR) is 94.9 cm³/mol. The van der Waals surface area contributed by atoms with Crippen LogP contribution in [0.15, 0.2) is 48.5 Å². The van der Waals surface area contributed by atoms with Crippen LogP contribution in [0.4, 0.5) is 31.1 Å². The number of carbonyl (C=O) groups is 1. The monoisotopic (exact) mass is 436 g/mol. The first-order chi connectivity index (χ1) is 13.9. The molecule has 2 aromatic rings. The van der Waals surface area contributed by atoms with Gasteiger partial charge in [0.25, 0.3) is 0 Å². The van der Waals surface area contributed by atoms with Gasteiger partial charge in [0.1, 0.15) is 11.5 Å². The lowest BCUT2D eigenvalue weighted by molar-refractivity contribution is -0.274. The summed E-state index contributed by atoms with van der Waals surface area (Å²) in [5, 5.41) is 5.00. The Bertz CT molecular complexity index is 837. The summed E-state index contributed by atoms with van der Waals surface area (Å²) in [6.45, 7) is 0.00295. The summed E-state index contributed by atoms with van der Waals surface area (Å²) in [5.74, 6) is -0.401. The van der Waals surface area contributed by atoms with Gasteiger partial charge in [0.05, 0.1) is 6.04 Å². The van der Waals surface area contributed by atoms with E-state index in [4.69, 9.17) is 0 Å². The molecule has 11 heteroatoms. The molecule has 0 radical (unpaired) electrons. The second kappa shape index (κ2) is 9.59. The molecule has 0 saturated heterocycles. The van der Waals surface area contributed by atoms with Gasteiger partial charge in [-0.1, -0.05) is 30.3 Å². The van der Waals surface area contributed by atoms with Crippen LogP contribution in [0.1, 0.15) is 24.1 Å². The average molecular weight is 436 g/mol. The minimum Gasteiger partial charge on any atom is -0.484 e. The van der Waals surface area contributed by atoms with Gasteiger partial charge >= 0.3 is 18.6 Å². The summed E-state index contributed by atoms with van der Waals surface area (Å²) in [6.07, 6.45) is -9.31. The second-order valence-corrected chi connectivity index (χ2v) is 6.18. The Balaban J connectivity index is 1.88. The van der Waals surface area contributed by atoms with Crippen LogP contribution >= 0.6 is 0 Å². The van der Waals surface area contributed by atoms with Crippen molar-refractivity contribution in [3.63, 3.8) is 0 Å². The zero-order valence-electron chi connectivity index (χ0n) is 15.6. The smallest absolute Gasteiger partial charge is 0.484 e. The third kappa shape index (κ3) is 8.10. The van der Waals surface area contributed by atoms with Gasteiger partial charge in [-0.05, 0) is 30.7 Å². The molecule has 0 aliphatic carbocycles. The van der Waals surface area contributed by atoms with E-state index < -0.39 is 37.0 Å². The number of hydrogen-bond donors (Lipinski definition) is 2. The van der Waals surface area contributed by atoms with Crippen LogP contribution in [-0.2, 0) is 6.54 Å². The van der Waals surface area contributed by atoms with Crippen LogP contribution in [0.5, 0.6) is 11.5 Å². The highest BCUT2D eigenvalue weighted by molar-refractivity contribution is 5.74. The zero-order chi connectivity index (χ0) is 22.4. The molecule has 1 atom stereocenters. The lowest BCUT2D eigenvalue weighted by Gasteiger charge is -2.17. The predicted octanol–water partition coefficient (Wildman–Crippen LogP) is 5.09. The van der Waals surface area contributed by atoms with Crippen molar-refractivity contribution in [2.75, 3.05) is 6.61 Å². The molecule has 0 bridgehead atoms. The molecule has 0 aliphatic heterocycles. The minimum absolute atomic E-state index is 0.0222. The van der Waals surface area contributed by atoms with Crippen LogP contribution in [0.3, 0.4) is 0 Å². The van der Waals surface area contributed by atoms with Crippen molar-refractivity contribution in [3.05, 3.63) is 59.7 Å². The molecule has 0 spiro atoms. The molecule has 2 N–H and O–H groups in total. The van der Waals surface area contributed by atoms with Crippen molar-refractivity contribution < 1.29 is 40.6 Å². The number of amides is 2. The third-order valence-corrected chi connectivity index (χ3v) is 3.77. The van der Waals surface area contributed by atoms with Gasteiger partial charge in [0.2, 0.25) is 0 Å². The molecule has 0 saturated carbocycles. The van der Waals surface area contributed by atoms with Gasteiger partial charge in [0.15, 0.2) is 6.61 Å². The van der Waals surface area contributed by atoms with Gasteiger partial charge in [-0.25, -0.2) is 4.79 Å². The van der Waals surface area contributed by atoms with Crippen LogP contribution < -0.4 is 20.1 Å². The Kier molecular flexibility index (Phi) is 7.41. The van der Waals surface area contributed by atoms with Crippen molar-refractivity contribution in [2.45, 2.75) is 32.0 Å². The largest absolute Gasteiger partial charge is 0.573 e. The van der Waals surface area contributed by atoms with E-state index in [2.05, 4.69) is 20.1 Å². The SMILES string of the molecule is CC(NC(=O)NCc1ccccc1OC(F)(F)F)c1ccc(OCC(F)(F)F)cc1. The highest BCUT2D eigenvalue weighted by Crippen LogP contribution is 2.26. The Morgan fingerprint density at radius 1 is 1.00 bits per heavy atom. The van der Waals surface area contributed by atoms with Crippen molar-refractivity contribution in [3.8, 4) is 11.5 Å². The van der Waals surface area contributed by atoms with Crippen molar-refractivity contribution in [2.24, 2.45) is 0 Å². The molecule has 2 aromatic carbocycles. The number of alkyl halides is 6. The van der Waals surface area contributed by atoms with E-state index in [0.717, 1.165) is 6.07 Å². The number of nitrogens with one attached hydrogen (secondary N) is 2. The second-order valence-electron chi connectivity index (χ2n) is 6.18. The highest BCUT2D eigenvalue weighted by atomic mass is 19.4. The Morgan fingerprint density at radius 2 is 1.63 bits per heavy atom. The number of benzene rings is 2. The topological polar surface area (TPSA) is 59.6 Å². The number of para-hydroxylation sites is 1. The van der Waals surface area contributed by atoms with Crippen molar-refractivity contribution in [1.29, 1.82) is 0 Å². The number of ether oxygens (including phenoxy) is 2. The van der Waals surface area contributed by atoms with Crippen LogP contribution in [0.2, 0.25) is 0 Å². The molecule has 0 aromatic heterocycles. The number of carbonyl (C=O) groups excluding carboxylic acids is 1. The fraction of sp³-hybridized carbons (Fsp3) is 0.316. The molecular formula is C19H18F6N2O3. The molecule has 5 nitrogen and oxygen atoms in total. The average Bonchev–Trinajstić information content (AvgIpc) is 2.64. The van der Waals surface area contributed by atoms with E-state index in [-0.39, 0.29) is 17.9 Å². The maximum Gasteiger partial charge on any atom is 0.573 e. The van der Waals surface area contributed by atoms with Gasteiger partial charge in [-0.15, -0.1) is 13.2 Å². The van der Waals surface area contributed by atoms with Crippen molar-refractivity contribution >= 4 is 6.03 Å². The van der Waals surface area contributed by atoms with E-state index in [1.807, 2.05) is 0 Å². The fourth-order valence-electron chi connectivity index (χ4n) is 2.40. The van der Waals surface area contributed by atoms with Crippen LogP contribution in [0.25, 0.3) is 0 Å². The molecule has 0 heterocycles. The summed E-state index contributed by atoms with van der Waals surface area (Å²) in [6, 6.07) is 9.86. The molecule has 164 valence electrons. The lowest BCUT2D eigenvalue weighted by Crippen LogP contribution is -2.36. The van der Waals surface area contributed by atoms with E-state index in [1.54, 1.807) is 6.92 Å². The number of halogens is 6. The minimum atomic E-state index is -4.86. The third-order valence-electron chi connectivity index (χ3n) is 3.77. The molecule has 0 fully saturated rings. The Labute approximate surface area is 168 Å². The van der Waals surface area contributed by atoms with Gasteiger partial charge in [0, 0.05) is 12.1 Å². The number of urea groups is 1. The molecule has 1 unspecified atom stereocenters. The van der Waals surface area contributed by atoms with Crippen LogP contribution in [-0.4, -0.2) is 25.2 Å². The first-order valence-electron chi connectivity index (χ1n) is 8.60. The first-order valence-corrected chi connectivity index (χ1v) is 8.60. The molecule has 30 heavy (non-hydrogen) atoms. The highest BCUT2D eigenvalue weighted by Gasteiger charge is 2.32.